The molecule has 0 unspecified atom stereocenters. The van der Waals surface area contributed by atoms with Crippen molar-refractivity contribution in [2.75, 3.05) is 13.2 Å². The Morgan fingerprint density at radius 1 is 1.32 bits per heavy atom. The summed E-state index contributed by atoms with van der Waals surface area (Å²) in [4.78, 5) is 23.9. The summed E-state index contributed by atoms with van der Waals surface area (Å²) in [5.41, 5.74) is 0.237. The molecule has 1 heterocycles. The topological polar surface area (TPSA) is 55.4 Å². The average molecular weight is 261 g/mol. The highest BCUT2D eigenvalue weighted by Gasteiger charge is 2.42. The summed E-state index contributed by atoms with van der Waals surface area (Å²) in [6, 6.07) is 9.62. The van der Waals surface area contributed by atoms with Crippen molar-refractivity contribution in [3.8, 4) is 0 Å². The van der Waals surface area contributed by atoms with E-state index >= 15 is 0 Å². The highest BCUT2D eigenvalue weighted by molar-refractivity contribution is 5.85. The number of nitrogens with one attached hydrogen (secondary N) is 1. The van der Waals surface area contributed by atoms with Gasteiger partial charge in [0, 0.05) is 13.0 Å². The lowest BCUT2D eigenvalue weighted by atomic mass is 9.74. The second-order valence-corrected chi connectivity index (χ2v) is 4.77. The van der Waals surface area contributed by atoms with Crippen LogP contribution in [0.3, 0.4) is 0 Å². The first-order valence-electron chi connectivity index (χ1n) is 6.68. The standard InChI is InChI=1S/C15H19NO3/c1-2-19-14(18)15(12-6-4-3-5-7-12)9-8-13(17)16-11-10-15/h3-7H,2,8-11H2,1H3,(H,16,17)/t15-/m0/s1. The number of hydrogen-bond acceptors (Lipinski definition) is 3. The Bertz CT molecular complexity index is 458. The number of esters is 1. The van der Waals surface area contributed by atoms with E-state index in [0.717, 1.165) is 5.56 Å². The van der Waals surface area contributed by atoms with Crippen molar-refractivity contribution in [1.29, 1.82) is 0 Å². The molecule has 1 saturated heterocycles. The second-order valence-electron chi connectivity index (χ2n) is 4.77. The third-order valence-corrected chi connectivity index (χ3v) is 3.65. The van der Waals surface area contributed by atoms with Gasteiger partial charge in [-0.3, -0.25) is 9.59 Å². The molecule has 0 aliphatic carbocycles. The zero-order valence-corrected chi connectivity index (χ0v) is 11.1. The molecule has 102 valence electrons. The van der Waals surface area contributed by atoms with Crippen molar-refractivity contribution in [3.63, 3.8) is 0 Å². The Hall–Kier alpha value is -1.84. The van der Waals surface area contributed by atoms with Gasteiger partial charge in [-0.25, -0.2) is 0 Å². The zero-order chi connectivity index (χ0) is 13.7. The van der Waals surface area contributed by atoms with Crippen molar-refractivity contribution in [2.45, 2.75) is 31.6 Å². The molecule has 19 heavy (non-hydrogen) atoms. The first kappa shape index (κ1) is 13.6. The summed E-state index contributed by atoms with van der Waals surface area (Å²) in [6.45, 7) is 2.66. The Balaban J connectivity index is 2.37. The maximum atomic E-state index is 12.4. The van der Waals surface area contributed by atoms with Crippen molar-refractivity contribution in [1.82, 2.24) is 5.32 Å². The number of carbonyl (C=O) groups is 2. The SMILES string of the molecule is CCOC(=O)[C@]1(c2ccccc2)CCNC(=O)CC1. The second kappa shape index (κ2) is 5.87. The molecule has 4 heteroatoms. The van der Waals surface area contributed by atoms with Crippen LogP contribution in [-0.4, -0.2) is 25.0 Å². The van der Waals surface area contributed by atoms with Crippen LogP contribution in [0.25, 0.3) is 0 Å². The fourth-order valence-corrected chi connectivity index (χ4v) is 2.59. The van der Waals surface area contributed by atoms with Gasteiger partial charge in [-0.1, -0.05) is 30.3 Å². The van der Waals surface area contributed by atoms with Gasteiger partial charge < -0.3 is 10.1 Å². The van der Waals surface area contributed by atoms with Gasteiger partial charge in [-0.2, -0.15) is 0 Å². The number of rotatable bonds is 3. The maximum Gasteiger partial charge on any atom is 0.316 e. The lowest BCUT2D eigenvalue weighted by Gasteiger charge is -2.30. The molecule has 1 aromatic rings. The first-order chi connectivity index (χ1) is 9.19. The summed E-state index contributed by atoms with van der Waals surface area (Å²) in [5, 5.41) is 2.82. The van der Waals surface area contributed by atoms with E-state index in [1.54, 1.807) is 6.92 Å². The van der Waals surface area contributed by atoms with E-state index in [2.05, 4.69) is 5.32 Å². The summed E-state index contributed by atoms with van der Waals surface area (Å²) in [5.74, 6) is -0.222. The van der Waals surface area contributed by atoms with E-state index < -0.39 is 5.41 Å². The van der Waals surface area contributed by atoms with E-state index in [4.69, 9.17) is 4.74 Å². The maximum absolute atomic E-state index is 12.4. The molecule has 0 saturated carbocycles. The van der Waals surface area contributed by atoms with Crippen molar-refractivity contribution in [3.05, 3.63) is 35.9 Å². The van der Waals surface area contributed by atoms with E-state index in [0.29, 0.717) is 32.4 Å². The zero-order valence-electron chi connectivity index (χ0n) is 11.1. The third kappa shape index (κ3) is 2.78. The molecule has 4 nitrogen and oxygen atoms in total. The molecule has 1 N–H and O–H groups in total. The predicted molar refractivity (Wildman–Crippen MR) is 71.6 cm³/mol. The Kier molecular flexibility index (Phi) is 4.20. The first-order valence-corrected chi connectivity index (χ1v) is 6.68. The molecule has 0 aromatic heterocycles. The van der Waals surface area contributed by atoms with Crippen LogP contribution in [0.1, 0.15) is 31.7 Å². The van der Waals surface area contributed by atoms with Gasteiger partial charge in [0.1, 0.15) is 0 Å². The van der Waals surface area contributed by atoms with E-state index in [9.17, 15) is 9.59 Å². The Labute approximate surface area is 113 Å². The summed E-state index contributed by atoms with van der Waals surface area (Å²) in [6.07, 6.45) is 1.44. The fourth-order valence-electron chi connectivity index (χ4n) is 2.59. The minimum Gasteiger partial charge on any atom is -0.465 e. The number of ether oxygens (including phenoxy) is 1. The van der Waals surface area contributed by atoms with Crippen molar-refractivity contribution >= 4 is 11.9 Å². The van der Waals surface area contributed by atoms with E-state index in [1.807, 2.05) is 30.3 Å². The Morgan fingerprint density at radius 2 is 2.05 bits per heavy atom. The molecule has 2 rings (SSSR count). The van der Waals surface area contributed by atoms with Crippen molar-refractivity contribution in [2.24, 2.45) is 0 Å². The van der Waals surface area contributed by atoms with Gasteiger partial charge in [0.2, 0.25) is 5.91 Å². The van der Waals surface area contributed by atoms with Gasteiger partial charge in [0.05, 0.1) is 12.0 Å². The van der Waals surface area contributed by atoms with E-state index in [-0.39, 0.29) is 11.9 Å². The number of hydrogen-bond donors (Lipinski definition) is 1. The fraction of sp³-hybridized carbons (Fsp3) is 0.467. The normalized spacial score (nSPS) is 23.3. The highest BCUT2D eigenvalue weighted by Crippen LogP contribution is 2.35. The smallest absolute Gasteiger partial charge is 0.316 e. The summed E-state index contributed by atoms with van der Waals surface area (Å²) >= 11 is 0. The minimum atomic E-state index is -0.698. The largest absolute Gasteiger partial charge is 0.465 e. The van der Waals surface area contributed by atoms with Gasteiger partial charge in [0.15, 0.2) is 0 Å². The molecule has 1 amide bonds. The van der Waals surface area contributed by atoms with Crippen LogP contribution in [0.5, 0.6) is 0 Å². The van der Waals surface area contributed by atoms with Gasteiger partial charge in [-0.15, -0.1) is 0 Å². The summed E-state index contributed by atoms with van der Waals surface area (Å²) < 4.78 is 5.25. The third-order valence-electron chi connectivity index (χ3n) is 3.65. The molecule has 1 fully saturated rings. The molecular weight excluding hydrogens is 242 g/mol. The predicted octanol–water partition coefficient (Wildman–Crippen LogP) is 1.79. The quantitative estimate of drug-likeness (QED) is 0.844. The van der Waals surface area contributed by atoms with Crippen LogP contribution < -0.4 is 5.32 Å². The number of carbonyl (C=O) groups excluding carboxylic acids is 2. The monoisotopic (exact) mass is 261 g/mol. The lowest BCUT2D eigenvalue weighted by molar-refractivity contribution is -0.150. The van der Waals surface area contributed by atoms with Gasteiger partial charge in [0.25, 0.3) is 0 Å². The molecule has 0 spiro atoms. The van der Waals surface area contributed by atoms with Gasteiger partial charge in [-0.05, 0) is 25.3 Å². The molecule has 1 aliphatic heterocycles. The lowest BCUT2D eigenvalue weighted by Crippen LogP contribution is -2.38. The molecular formula is C15H19NO3. The molecule has 1 atom stereocenters. The number of benzene rings is 1. The van der Waals surface area contributed by atoms with Crippen LogP contribution >= 0.6 is 0 Å². The highest BCUT2D eigenvalue weighted by atomic mass is 16.5. The van der Waals surface area contributed by atoms with Crippen LogP contribution in [0.2, 0.25) is 0 Å². The van der Waals surface area contributed by atoms with Crippen LogP contribution in [0.4, 0.5) is 0 Å². The minimum absolute atomic E-state index is 0.00195. The molecule has 1 aliphatic rings. The van der Waals surface area contributed by atoms with Crippen LogP contribution in [0, 0.1) is 0 Å². The molecule has 0 bridgehead atoms. The van der Waals surface area contributed by atoms with Crippen molar-refractivity contribution < 1.29 is 14.3 Å². The van der Waals surface area contributed by atoms with E-state index in [1.165, 1.54) is 0 Å². The van der Waals surface area contributed by atoms with Gasteiger partial charge >= 0.3 is 5.97 Å². The average Bonchev–Trinajstić information content (AvgIpc) is 2.63. The molecule has 1 aromatic carbocycles. The van der Waals surface area contributed by atoms with Crippen LogP contribution in [0.15, 0.2) is 30.3 Å². The molecule has 0 radical (unpaired) electrons. The summed E-state index contributed by atoms with van der Waals surface area (Å²) in [7, 11) is 0. The van der Waals surface area contributed by atoms with Crippen LogP contribution in [-0.2, 0) is 19.7 Å². The Morgan fingerprint density at radius 3 is 2.74 bits per heavy atom. The number of amides is 1.